The maximum atomic E-state index is 5.95. The molecule has 1 atom stereocenters. The summed E-state index contributed by atoms with van der Waals surface area (Å²) in [4.78, 5) is 11.0. The molecule has 0 spiro atoms. The summed E-state index contributed by atoms with van der Waals surface area (Å²) in [6, 6.07) is 0.473. The molecule has 0 aliphatic carbocycles. The zero-order valence-corrected chi connectivity index (χ0v) is 13.7. The number of aromatic nitrogens is 4. The maximum absolute atomic E-state index is 5.95. The van der Waals surface area contributed by atoms with Crippen molar-refractivity contribution in [1.82, 2.24) is 24.6 Å². The van der Waals surface area contributed by atoms with E-state index in [1.165, 1.54) is 19.3 Å². The van der Waals surface area contributed by atoms with Gasteiger partial charge in [0.2, 0.25) is 5.89 Å². The fourth-order valence-corrected chi connectivity index (χ4v) is 2.92. The lowest BCUT2D eigenvalue weighted by Crippen LogP contribution is -2.41. The molecule has 2 aromatic heterocycles. The summed E-state index contributed by atoms with van der Waals surface area (Å²) < 4.78 is 7.86. The van der Waals surface area contributed by atoms with E-state index in [4.69, 9.17) is 4.42 Å². The van der Waals surface area contributed by atoms with Crippen molar-refractivity contribution in [2.75, 3.05) is 6.54 Å². The molecule has 0 amide bonds. The van der Waals surface area contributed by atoms with Gasteiger partial charge in [0.05, 0.1) is 19.3 Å². The minimum Gasteiger partial charge on any atom is -0.444 e. The van der Waals surface area contributed by atoms with Crippen LogP contribution in [0.15, 0.2) is 23.3 Å². The van der Waals surface area contributed by atoms with Crippen molar-refractivity contribution in [1.29, 1.82) is 0 Å². The number of hydrogen-bond donors (Lipinski definition) is 0. The van der Waals surface area contributed by atoms with Crippen molar-refractivity contribution in [3.63, 3.8) is 0 Å². The molecule has 1 saturated heterocycles. The molecule has 0 saturated carbocycles. The van der Waals surface area contributed by atoms with Crippen molar-refractivity contribution in [3.05, 3.63) is 30.5 Å². The minimum atomic E-state index is 0.00722. The van der Waals surface area contributed by atoms with Gasteiger partial charge >= 0.3 is 0 Å². The van der Waals surface area contributed by atoms with Gasteiger partial charge in [-0.25, -0.2) is 9.97 Å². The van der Waals surface area contributed by atoms with Crippen molar-refractivity contribution < 1.29 is 4.42 Å². The van der Waals surface area contributed by atoms with Gasteiger partial charge in [-0.3, -0.25) is 9.58 Å². The van der Waals surface area contributed by atoms with E-state index in [0.29, 0.717) is 6.04 Å². The first-order valence-electron chi connectivity index (χ1n) is 8.04. The van der Waals surface area contributed by atoms with E-state index >= 15 is 0 Å². The SMILES string of the molecule is CC(C)(C)c1cnc(CN2CCCCC2Cn2cncn2)o1. The van der Waals surface area contributed by atoms with Crippen LogP contribution in [-0.4, -0.2) is 37.2 Å². The van der Waals surface area contributed by atoms with E-state index in [1.54, 1.807) is 12.7 Å². The van der Waals surface area contributed by atoms with Gasteiger partial charge in [0.15, 0.2) is 0 Å². The van der Waals surface area contributed by atoms with Crippen LogP contribution in [0.4, 0.5) is 0 Å². The smallest absolute Gasteiger partial charge is 0.208 e. The van der Waals surface area contributed by atoms with Gasteiger partial charge in [-0.1, -0.05) is 27.2 Å². The Labute approximate surface area is 131 Å². The van der Waals surface area contributed by atoms with Crippen molar-refractivity contribution in [2.24, 2.45) is 0 Å². The molecule has 2 aromatic rings. The van der Waals surface area contributed by atoms with Crippen LogP contribution >= 0.6 is 0 Å². The second-order valence-electron chi connectivity index (χ2n) is 7.11. The van der Waals surface area contributed by atoms with Crippen molar-refractivity contribution in [3.8, 4) is 0 Å². The Bertz CT molecular complexity index is 584. The highest BCUT2D eigenvalue weighted by molar-refractivity contribution is 5.06. The number of hydrogen-bond acceptors (Lipinski definition) is 5. The molecule has 120 valence electrons. The lowest BCUT2D eigenvalue weighted by atomic mass is 9.94. The Morgan fingerprint density at radius 3 is 2.86 bits per heavy atom. The van der Waals surface area contributed by atoms with Gasteiger partial charge in [0, 0.05) is 11.5 Å². The van der Waals surface area contributed by atoms with E-state index in [1.807, 2.05) is 10.9 Å². The monoisotopic (exact) mass is 303 g/mol. The van der Waals surface area contributed by atoms with E-state index in [9.17, 15) is 0 Å². The largest absolute Gasteiger partial charge is 0.444 e. The Hall–Kier alpha value is -1.69. The molecule has 0 radical (unpaired) electrons. The molecule has 6 heteroatoms. The van der Waals surface area contributed by atoms with E-state index < -0.39 is 0 Å². The standard InChI is InChI=1S/C16H25N5O/c1-16(2,3)14-8-18-15(22-14)10-20-7-5-4-6-13(20)9-21-12-17-11-19-21/h8,11-13H,4-7,9-10H2,1-3H3. The third-order valence-corrected chi connectivity index (χ3v) is 4.24. The predicted octanol–water partition coefficient (Wildman–Crippen LogP) is 2.62. The fraction of sp³-hybridized carbons (Fsp3) is 0.688. The Kier molecular flexibility index (Phi) is 4.29. The Morgan fingerprint density at radius 2 is 2.18 bits per heavy atom. The van der Waals surface area contributed by atoms with Gasteiger partial charge in [-0.15, -0.1) is 0 Å². The topological polar surface area (TPSA) is 60.0 Å². The third kappa shape index (κ3) is 3.55. The summed E-state index contributed by atoms with van der Waals surface area (Å²) in [6.07, 6.45) is 8.94. The Morgan fingerprint density at radius 1 is 1.32 bits per heavy atom. The molecule has 0 aromatic carbocycles. The molecule has 22 heavy (non-hydrogen) atoms. The number of oxazole rings is 1. The van der Waals surface area contributed by atoms with Crippen LogP contribution < -0.4 is 0 Å². The van der Waals surface area contributed by atoms with Crippen LogP contribution in [0.2, 0.25) is 0 Å². The summed E-state index contributed by atoms with van der Waals surface area (Å²) in [6.45, 7) is 9.18. The molecule has 0 bridgehead atoms. The van der Waals surface area contributed by atoms with E-state index in [2.05, 4.69) is 40.7 Å². The van der Waals surface area contributed by atoms with E-state index in [-0.39, 0.29) is 5.41 Å². The average molecular weight is 303 g/mol. The minimum absolute atomic E-state index is 0.00722. The van der Waals surface area contributed by atoms with Crippen LogP contribution in [0, 0.1) is 0 Å². The van der Waals surface area contributed by atoms with Gasteiger partial charge in [-0.2, -0.15) is 5.10 Å². The lowest BCUT2D eigenvalue weighted by molar-refractivity contribution is 0.110. The van der Waals surface area contributed by atoms with Gasteiger partial charge in [0.1, 0.15) is 18.4 Å². The predicted molar refractivity (Wildman–Crippen MR) is 83.3 cm³/mol. The zero-order chi connectivity index (χ0) is 15.6. The van der Waals surface area contributed by atoms with Crippen molar-refractivity contribution >= 4 is 0 Å². The molecule has 3 rings (SSSR count). The molecule has 3 heterocycles. The molecule has 1 fully saturated rings. The number of piperidine rings is 1. The lowest BCUT2D eigenvalue weighted by Gasteiger charge is -2.34. The molecule has 0 N–H and O–H groups in total. The van der Waals surface area contributed by atoms with Gasteiger partial charge in [-0.05, 0) is 19.4 Å². The Balaban J connectivity index is 1.67. The first-order chi connectivity index (χ1) is 10.5. The van der Waals surface area contributed by atoms with Crippen LogP contribution in [0.1, 0.15) is 51.7 Å². The highest BCUT2D eigenvalue weighted by Gasteiger charge is 2.26. The van der Waals surface area contributed by atoms with Gasteiger partial charge in [0.25, 0.3) is 0 Å². The quantitative estimate of drug-likeness (QED) is 0.869. The molecular weight excluding hydrogens is 278 g/mol. The zero-order valence-electron chi connectivity index (χ0n) is 13.7. The number of rotatable bonds is 4. The molecule has 6 nitrogen and oxygen atoms in total. The maximum Gasteiger partial charge on any atom is 0.208 e. The highest BCUT2D eigenvalue weighted by Crippen LogP contribution is 2.25. The van der Waals surface area contributed by atoms with Gasteiger partial charge < -0.3 is 4.42 Å². The third-order valence-electron chi connectivity index (χ3n) is 4.24. The summed E-state index contributed by atoms with van der Waals surface area (Å²) >= 11 is 0. The molecule has 1 unspecified atom stereocenters. The normalized spacial score (nSPS) is 20.4. The van der Waals surface area contributed by atoms with Crippen LogP contribution in [0.25, 0.3) is 0 Å². The fourth-order valence-electron chi connectivity index (χ4n) is 2.92. The first-order valence-corrected chi connectivity index (χ1v) is 8.04. The first kappa shape index (κ1) is 15.2. The second kappa shape index (κ2) is 6.20. The molecule has 1 aliphatic rings. The average Bonchev–Trinajstić information content (AvgIpc) is 3.11. The number of nitrogens with zero attached hydrogens (tertiary/aromatic N) is 5. The summed E-state index contributed by atoms with van der Waals surface area (Å²) in [7, 11) is 0. The number of likely N-dealkylation sites (tertiary alicyclic amines) is 1. The molecule has 1 aliphatic heterocycles. The van der Waals surface area contributed by atoms with Crippen LogP contribution in [-0.2, 0) is 18.5 Å². The summed E-state index contributed by atoms with van der Waals surface area (Å²) in [5.41, 5.74) is 0.00722. The van der Waals surface area contributed by atoms with Crippen molar-refractivity contribution in [2.45, 2.75) is 64.6 Å². The summed E-state index contributed by atoms with van der Waals surface area (Å²) in [5, 5.41) is 4.23. The highest BCUT2D eigenvalue weighted by atomic mass is 16.4. The van der Waals surface area contributed by atoms with Crippen LogP contribution in [0.5, 0.6) is 0 Å². The van der Waals surface area contributed by atoms with Crippen LogP contribution in [0.3, 0.4) is 0 Å². The second-order valence-corrected chi connectivity index (χ2v) is 7.11. The summed E-state index contributed by atoms with van der Waals surface area (Å²) in [5.74, 6) is 1.77. The molecular formula is C16H25N5O. The van der Waals surface area contributed by atoms with E-state index in [0.717, 1.165) is 31.3 Å².